The summed E-state index contributed by atoms with van der Waals surface area (Å²) in [5.41, 5.74) is -0.992. The van der Waals surface area contributed by atoms with Crippen molar-refractivity contribution in [2.24, 2.45) is 5.41 Å². The summed E-state index contributed by atoms with van der Waals surface area (Å²) in [5, 5.41) is 0. The van der Waals surface area contributed by atoms with Crippen molar-refractivity contribution in [1.29, 1.82) is 0 Å². The van der Waals surface area contributed by atoms with Gasteiger partial charge in [0, 0.05) is 15.5 Å². The van der Waals surface area contributed by atoms with Crippen molar-refractivity contribution in [2.75, 3.05) is 0 Å². The van der Waals surface area contributed by atoms with E-state index >= 15 is 0 Å². The standard InChI is InChI=1S/C11H13BrF2/c1-10(2,3)11(13,14)8-4-6-9(12)7-5-8/h4-7H,1-3H3. The van der Waals surface area contributed by atoms with Crippen LogP contribution in [0.15, 0.2) is 28.7 Å². The van der Waals surface area contributed by atoms with E-state index in [4.69, 9.17) is 0 Å². The molecule has 0 nitrogen and oxygen atoms in total. The summed E-state index contributed by atoms with van der Waals surface area (Å²) in [6.07, 6.45) is 0. The summed E-state index contributed by atoms with van der Waals surface area (Å²) in [6.45, 7) is 4.61. The molecule has 3 heteroatoms. The van der Waals surface area contributed by atoms with Gasteiger partial charge in [0.2, 0.25) is 0 Å². The predicted molar refractivity (Wildman–Crippen MR) is 57.5 cm³/mol. The first-order valence-electron chi connectivity index (χ1n) is 4.39. The number of hydrogen-bond acceptors (Lipinski definition) is 0. The second kappa shape index (κ2) is 3.61. The highest BCUT2D eigenvalue weighted by Crippen LogP contribution is 2.44. The van der Waals surface area contributed by atoms with Crippen LogP contribution < -0.4 is 0 Å². The van der Waals surface area contributed by atoms with E-state index in [0.29, 0.717) is 0 Å². The Labute approximate surface area is 91.5 Å². The van der Waals surface area contributed by atoms with Crippen LogP contribution >= 0.6 is 15.9 Å². The number of hydrogen-bond donors (Lipinski definition) is 0. The zero-order chi connectivity index (χ0) is 11.0. The molecule has 0 N–H and O–H groups in total. The van der Waals surface area contributed by atoms with Crippen LogP contribution in [0.2, 0.25) is 0 Å². The molecule has 0 amide bonds. The van der Waals surface area contributed by atoms with Crippen molar-refractivity contribution in [3.05, 3.63) is 34.3 Å². The second-order valence-electron chi connectivity index (χ2n) is 4.33. The van der Waals surface area contributed by atoms with Gasteiger partial charge in [-0.15, -0.1) is 0 Å². The molecule has 0 heterocycles. The van der Waals surface area contributed by atoms with E-state index in [1.54, 1.807) is 12.1 Å². The number of rotatable bonds is 1. The van der Waals surface area contributed by atoms with Gasteiger partial charge in [-0.25, -0.2) is 8.78 Å². The van der Waals surface area contributed by atoms with Crippen molar-refractivity contribution in [1.82, 2.24) is 0 Å². The summed E-state index contributed by atoms with van der Waals surface area (Å²) in [4.78, 5) is 0. The van der Waals surface area contributed by atoms with E-state index in [-0.39, 0.29) is 5.56 Å². The average molecular weight is 263 g/mol. The molecule has 0 spiro atoms. The Hall–Kier alpha value is -0.440. The minimum Gasteiger partial charge on any atom is -0.201 e. The van der Waals surface area contributed by atoms with Gasteiger partial charge < -0.3 is 0 Å². The maximum absolute atomic E-state index is 13.8. The molecule has 0 unspecified atom stereocenters. The molecule has 0 radical (unpaired) electrons. The number of halogens is 3. The Kier molecular flexibility index (Phi) is 3.00. The van der Waals surface area contributed by atoms with E-state index in [1.807, 2.05) is 0 Å². The summed E-state index contributed by atoms with van der Waals surface area (Å²) in [5.74, 6) is -2.80. The first-order valence-corrected chi connectivity index (χ1v) is 5.18. The van der Waals surface area contributed by atoms with Crippen molar-refractivity contribution < 1.29 is 8.78 Å². The van der Waals surface area contributed by atoms with Crippen LogP contribution in [-0.4, -0.2) is 0 Å². The molecular formula is C11H13BrF2. The predicted octanol–water partition coefficient (Wildman–Crippen LogP) is 4.59. The molecule has 0 aliphatic carbocycles. The SMILES string of the molecule is CC(C)(C)C(F)(F)c1ccc(Br)cc1. The van der Waals surface area contributed by atoms with Crippen molar-refractivity contribution in [3.8, 4) is 0 Å². The van der Waals surface area contributed by atoms with E-state index in [1.165, 1.54) is 32.9 Å². The van der Waals surface area contributed by atoms with Gasteiger partial charge in [-0.3, -0.25) is 0 Å². The first-order chi connectivity index (χ1) is 6.25. The van der Waals surface area contributed by atoms with Crippen LogP contribution in [0.1, 0.15) is 26.3 Å². The molecule has 0 saturated carbocycles. The molecule has 78 valence electrons. The lowest BCUT2D eigenvalue weighted by Gasteiger charge is -2.30. The van der Waals surface area contributed by atoms with Gasteiger partial charge in [0.1, 0.15) is 0 Å². The molecule has 0 aliphatic heterocycles. The number of alkyl halides is 2. The van der Waals surface area contributed by atoms with Crippen LogP contribution in [0.4, 0.5) is 8.78 Å². The zero-order valence-corrected chi connectivity index (χ0v) is 10.0. The van der Waals surface area contributed by atoms with Crippen LogP contribution in [0.25, 0.3) is 0 Å². The average Bonchev–Trinajstić information content (AvgIpc) is 2.03. The van der Waals surface area contributed by atoms with Crippen molar-refractivity contribution in [3.63, 3.8) is 0 Å². The van der Waals surface area contributed by atoms with E-state index in [9.17, 15) is 8.78 Å². The van der Waals surface area contributed by atoms with Gasteiger partial charge in [-0.1, -0.05) is 48.8 Å². The Morgan fingerprint density at radius 1 is 1.00 bits per heavy atom. The molecular weight excluding hydrogens is 250 g/mol. The molecule has 0 aromatic heterocycles. The fourth-order valence-corrected chi connectivity index (χ4v) is 1.36. The summed E-state index contributed by atoms with van der Waals surface area (Å²) in [7, 11) is 0. The van der Waals surface area contributed by atoms with E-state index < -0.39 is 11.3 Å². The lowest BCUT2D eigenvalue weighted by molar-refractivity contribution is -0.104. The van der Waals surface area contributed by atoms with Crippen LogP contribution in [0, 0.1) is 5.41 Å². The lowest BCUT2D eigenvalue weighted by atomic mass is 9.84. The molecule has 1 aromatic rings. The van der Waals surface area contributed by atoms with E-state index in [0.717, 1.165) is 4.47 Å². The second-order valence-corrected chi connectivity index (χ2v) is 5.25. The third-order valence-corrected chi connectivity index (χ3v) is 2.68. The van der Waals surface area contributed by atoms with Gasteiger partial charge >= 0.3 is 0 Å². The normalized spacial score (nSPS) is 13.0. The Morgan fingerprint density at radius 2 is 1.43 bits per heavy atom. The molecule has 0 aliphatic rings. The molecule has 14 heavy (non-hydrogen) atoms. The Bertz CT molecular complexity index is 309. The molecule has 0 bridgehead atoms. The molecule has 0 fully saturated rings. The molecule has 1 rings (SSSR count). The monoisotopic (exact) mass is 262 g/mol. The molecule has 0 atom stereocenters. The van der Waals surface area contributed by atoms with Gasteiger partial charge in [-0.2, -0.15) is 0 Å². The lowest BCUT2D eigenvalue weighted by Crippen LogP contribution is -2.31. The Morgan fingerprint density at radius 3 is 1.79 bits per heavy atom. The number of benzene rings is 1. The van der Waals surface area contributed by atoms with Crippen molar-refractivity contribution >= 4 is 15.9 Å². The highest BCUT2D eigenvalue weighted by Gasteiger charge is 2.44. The fraction of sp³-hybridized carbons (Fsp3) is 0.455. The van der Waals surface area contributed by atoms with Gasteiger partial charge in [-0.05, 0) is 12.1 Å². The fourth-order valence-electron chi connectivity index (χ4n) is 1.09. The maximum Gasteiger partial charge on any atom is 0.277 e. The smallest absolute Gasteiger partial charge is 0.201 e. The van der Waals surface area contributed by atoms with E-state index in [2.05, 4.69) is 15.9 Å². The molecule has 0 saturated heterocycles. The Balaban J connectivity index is 3.10. The van der Waals surface area contributed by atoms with Crippen molar-refractivity contribution in [2.45, 2.75) is 26.7 Å². The topological polar surface area (TPSA) is 0 Å². The maximum atomic E-state index is 13.8. The van der Waals surface area contributed by atoms with Gasteiger partial charge in [0.15, 0.2) is 0 Å². The zero-order valence-electron chi connectivity index (χ0n) is 8.44. The summed E-state index contributed by atoms with van der Waals surface area (Å²) >= 11 is 3.22. The quantitative estimate of drug-likeness (QED) is 0.695. The highest BCUT2D eigenvalue weighted by atomic mass is 79.9. The minimum atomic E-state index is -2.80. The third kappa shape index (κ3) is 2.14. The highest BCUT2D eigenvalue weighted by molar-refractivity contribution is 9.10. The van der Waals surface area contributed by atoms with Crippen LogP contribution in [0.5, 0.6) is 0 Å². The van der Waals surface area contributed by atoms with Gasteiger partial charge in [0.05, 0.1) is 0 Å². The van der Waals surface area contributed by atoms with Crippen LogP contribution in [0.3, 0.4) is 0 Å². The summed E-state index contributed by atoms with van der Waals surface area (Å²) < 4.78 is 28.4. The van der Waals surface area contributed by atoms with Gasteiger partial charge in [0.25, 0.3) is 5.92 Å². The molecule has 1 aromatic carbocycles. The van der Waals surface area contributed by atoms with Crippen LogP contribution in [-0.2, 0) is 5.92 Å². The minimum absolute atomic E-state index is 0.0631. The largest absolute Gasteiger partial charge is 0.277 e. The third-order valence-electron chi connectivity index (χ3n) is 2.15. The first kappa shape index (κ1) is 11.6. The summed E-state index contributed by atoms with van der Waals surface area (Å²) in [6, 6.07) is 6.18.